The zero-order chi connectivity index (χ0) is 20.1. The van der Waals surface area contributed by atoms with Gasteiger partial charge in [0.05, 0.1) is 21.3 Å². The number of carbonyl (C=O) groups excluding carboxylic acids is 1. The summed E-state index contributed by atoms with van der Waals surface area (Å²) in [6.45, 7) is -1.02. The Morgan fingerprint density at radius 3 is 2.79 bits per heavy atom. The number of ether oxygens (including phenoxy) is 1. The van der Waals surface area contributed by atoms with E-state index in [1.54, 1.807) is 23.5 Å². The molecule has 1 heterocycles. The number of aromatic nitrogens is 1. The van der Waals surface area contributed by atoms with Gasteiger partial charge in [0, 0.05) is 21.7 Å². The fraction of sp³-hybridized carbons (Fsp3) is 0.158. The summed E-state index contributed by atoms with van der Waals surface area (Å²) >= 11 is 9.04. The lowest BCUT2D eigenvalue weighted by Gasteiger charge is -2.11. The van der Waals surface area contributed by atoms with Crippen molar-refractivity contribution >= 4 is 46.3 Å². The van der Waals surface area contributed by atoms with Crippen molar-refractivity contribution in [1.29, 1.82) is 0 Å². The van der Waals surface area contributed by atoms with Crippen LogP contribution in [-0.4, -0.2) is 17.5 Å². The van der Waals surface area contributed by atoms with Gasteiger partial charge in [0.25, 0.3) is 5.91 Å². The number of hydrogen-bond acceptors (Lipinski definition) is 5. The van der Waals surface area contributed by atoms with E-state index in [0.29, 0.717) is 17.0 Å². The Bertz CT molecular complexity index is 982. The Hall–Kier alpha value is -2.16. The molecule has 0 spiro atoms. The van der Waals surface area contributed by atoms with E-state index >= 15 is 0 Å². The molecule has 1 aromatic heterocycles. The topological polar surface area (TPSA) is 51.2 Å². The first-order chi connectivity index (χ1) is 13.4. The lowest BCUT2D eigenvalue weighted by atomic mass is 10.2. The monoisotopic (exact) mass is 440 g/mol. The predicted molar refractivity (Wildman–Crippen MR) is 109 cm³/mol. The van der Waals surface area contributed by atoms with Crippen LogP contribution < -0.4 is 10.1 Å². The molecule has 9 heteroatoms. The van der Waals surface area contributed by atoms with Crippen molar-refractivity contribution in [3.05, 3.63) is 69.1 Å². The number of thiazole rings is 1. The van der Waals surface area contributed by atoms with Gasteiger partial charge in [-0.3, -0.25) is 4.79 Å². The molecule has 0 unspecified atom stereocenters. The lowest BCUT2D eigenvalue weighted by molar-refractivity contribution is -0.0497. The third-order valence-electron chi connectivity index (χ3n) is 3.58. The first-order valence-electron chi connectivity index (χ1n) is 8.11. The molecule has 0 radical (unpaired) electrons. The highest BCUT2D eigenvalue weighted by molar-refractivity contribution is 7.98. The van der Waals surface area contributed by atoms with Crippen molar-refractivity contribution < 1.29 is 18.3 Å². The highest BCUT2D eigenvalue weighted by Crippen LogP contribution is 2.30. The van der Waals surface area contributed by atoms with E-state index in [4.69, 9.17) is 11.6 Å². The summed E-state index contributed by atoms with van der Waals surface area (Å²) in [7, 11) is 0. The molecule has 0 saturated heterocycles. The number of nitrogens with zero attached hydrogens (tertiary/aromatic N) is 1. The average molecular weight is 441 g/mol. The maximum Gasteiger partial charge on any atom is 0.387 e. The Labute approximate surface area is 173 Å². The average Bonchev–Trinajstić information content (AvgIpc) is 3.07. The number of nitrogens with one attached hydrogen (secondary N) is 1. The number of amides is 1. The van der Waals surface area contributed by atoms with E-state index in [1.165, 1.54) is 30.0 Å². The minimum Gasteiger partial charge on any atom is -0.433 e. The summed E-state index contributed by atoms with van der Waals surface area (Å²) in [5.74, 6) is 0.181. The summed E-state index contributed by atoms with van der Waals surface area (Å²) in [5, 5.41) is 5.71. The Kier molecular flexibility index (Phi) is 6.88. The Morgan fingerprint density at radius 2 is 2.11 bits per heavy atom. The third kappa shape index (κ3) is 5.43. The molecular weight excluding hydrogens is 426 g/mol. The van der Waals surface area contributed by atoms with Crippen LogP contribution in [0.2, 0.25) is 5.02 Å². The molecule has 0 aliphatic carbocycles. The first kappa shape index (κ1) is 20.6. The van der Waals surface area contributed by atoms with Crippen LogP contribution in [0.25, 0.3) is 0 Å². The van der Waals surface area contributed by atoms with Crippen LogP contribution in [0.4, 0.5) is 14.5 Å². The van der Waals surface area contributed by atoms with E-state index in [-0.39, 0.29) is 16.7 Å². The second-order valence-corrected chi connectivity index (χ2v) is 8.11. The summed E-state index contributed by atoms with van der Waals surface area (Å²) in [6.07, 6.45) is 0. The smallest absolute Gasteiger partial charge is 0.387 e. The fourth-order valence-electron chi connectivity index (χ4n) is 2.37. The number of thioether (sulfide) groups is 1. The number of halogens is 3. The van der Waals surface area contributed by atoms with Crippen LogP contribution in [0.3, 0.4) is 0 Å². The van der Waals surface area contributed by atoms with Gasteiger partial charge in [0.1, 0.15) is 5.75 Å². The van der Waals surface area contributed by atoms with Crippen molar-refractivity contribution in [3.8, 4) is 5.75 Å². The number of anilines is 1. The largest absolute Gasteiger partial charge is 0.433 e. The number of rotatable bonds is 7. The molecule has 2 aromatic carbocycles. The normalized spacial score (nSPS) is 10.9. The summed E-state index contributed by atoms with van der Waals surface area (Å²) in [4.78, 5) is 17.9. The van der Waals surface area contributed by atoms with Crippen molar-refractivity contribution in [3.63, 3.8) is 0 Å². The quantitative estimate of drug-likeness (QED) is 0.441. The molecule has 3 rings (SSSR count). The van der Waals surface area contributed by atoms with Crippen molar-refractivity contribution in [2.75, 3.05) is 5.32 Å². The zero-order valence-corrected chi connectivity index (χ0v) is 17.0. The maximum atomic E-state index is 12.7. The van der Waals surface area contributed by atoms with E-state index in [0.717, 1.165) is 15.6 Å². The number of carbonyl (C=O) groups is 1. The van der Waals surface area contributed by atoms with Crippen LogP contribution in [0.5, 0.6) is 5.75 Å². The van der Waals surface area contributed by atoms with E-state index in [1.807, 2.05) is 24.4 Å². The number of alkyl halides is 2. The van der Waals surface area contributed by atoms with Crippen molar-refractivity contribution in [1.82, 2.24) is 4.98 Å². The number of aryl methyl sites for hydroxylation is 1. The second kappa shape index (κ2) is 9.36. The van der Waals surface area contributed by atoms with Gasteiger partial charge in [-0.05, 0) is 37.3 Å². The molecular formula is C19H15ClF2N2O2S2. The summed E-state index contributed by atoms with van der Waals surface area (Å²) < 4.78 is 28.9. The SMILES string of the molecule is Cc1nc(CSc2ccccc2C(=O)Nc2ccc(OC(F)F)c(Cl)c2)cs1. The van der Waals surface area contributed by atoms with Gasteiger partial charge >= 0.3 is 6.61 Å². The molecule has 0 aliphatic heterocycles. The molecule has 3 aromatic rings. The van der Waals surface area contributed by atoms with Gasteiger partial charge in [-0.1, -0.05) is 23.7 Å². The van der Waals surface area contributed by atoms with Crippen molar-refractivity contribution in [2.24, 2.45) is 0 Å². The lowest BCUT2D eigenvalue weighted by Crippen LogP contribution is -2.13. The van der Waals surface area contributed by atoms with Gasteiger partial charge in [-0.25, -0.2) is 4.98 Å². The standard InChI is InChI=1S/C19H15ClF2N2O2S2/c1-11-23-13(9-27-11)10-28-17-5-3-2-4-14(17)18(25)24-12-6-7-16(15(20)8-12)26-19(21)22/h2-9,19H,10H2,1H3,(H,24,25). The molecule has 0 bridgehead atoms. The van der Waals surface area contributed by atoms with Crippen LogP contribution in [0.15, 0.2) is 52.7 Å². The molecule has 1 amide bonds. The highest BCUT2D eigenvalue weighted by atomic mass is 35.5. The molecule has 28 heavy (non-hydrogen) atoms. The van der Waals surface area contributed by atoms with Crippen LogP contribution in [-0.2, 0) is 5.75 Å². The molecule has 1 N–H and O–H groups in total. The third-order valence-corrected chi connectivity index (χ3v) is 5.80. The first-order valence-corrected chi connectivity index (χ1v) is 10.4. The van der Waals surface area contributed by atoms with Crippen LogP contribution in [0, 0.1) is 6.92 Å². The van der Waals surface area contributed by atoms with Gasteiger partial charge in [0.15, 0.2) is 0 Å². The molecule has 0 atom stereocenters. The minimum absolute atomic E-state index is 0.0142. The van der Waals surface area contributed by atoms with Gasteiger partial charge in [-0.2, -0.15) is 8.78 Å². The summed E-state index contributed by atoms with van der Waals surface area (Å²) in [5.41, 5.74) is 1.85. The second-order valence-electron chi connectivity index (χ2n) is 5.62. The zero-order valence-electron chi connectivity index (χ0n) is 14.6. The van der Waals surface area contributed by atoms with E-state index in [9.17, 15) is 13.6 Å². The van der Waals surface area contributed by atoms with Gasteiger partial charge in [-0.15, -0.1) is 23.1 Å². The summed E-state index contributed by atoms with van der Waals surface area (Å²) in [6, 6.07) is 11.3. The molecule has 146 valence electrons. The maximum absolute atomic E-state index is 12.7. The molecule has 0 fully saturated rings. The Morgan fingerprint density at radius 1 is 1.32 bits per heavy atom. The fourth-order valence-corrected chi connectivity index (χ4v) is 4.26. The molecule has 0 saturated carbocycles. The minimum atomic E-state index is -2.97. The number of hydrogen-bond donors (Lipinski definition) is 1. The van der Waals surface area contributed by atoms with Crippen LogP contribution >= 0.6 is 34.7 Å². The van der Waals surface area contributed by atoms with Gasteiger partial charge in [0.2, 0.25) is 0 Å². The van der Waals surface area contributed by atoms with Crippen molar-refractivity contribution in [2.45, 2.75) is 24.2 Å². The molecule has 4 nitrogen and oxygen atoms in total. The van der Waals surface area contributed by atoms with Crippen LogP contribution in [0.1, 0.15) is 21.1 Å². The predicted octanol–water partition coefficient (Wildman–Crippen LogP) is 6.25. The highest BCUT2D eigenvalue weighted by Gasteiger charge is 2.14. The van der Waals surface area contributed by atoms with E-state index < -0.39 is 6.61 Å². The van der Waals surface area contributed by atoms with E-state index in [2.05, 4.69) is 15.0 Å². The molecule has 0 aliphatic rings. The number of benzene rings is 2. The van der Waals surface area contributed by atoms with Gasteiger partial charge < -0.3 is 10.1 Å². The Balaban J connectivity index is 1.71.